The van der Waals surface area contributed by atoms with Gasteiger partial charge < -0.3 is 5.32 Å². The second-order valence-corrected chi connectivity index (χ2v) is 6.29. The van der Waals surface area contributed by atoms with Gasteiger partial charge in [0.25, 0.3) is 0 Å². The number of rotatable bonds is 3. The molecule has 1 saturated carbocycles. The topological polar surface area (TPSA) is 46.2 Å². The Balaban J connectivity index is 1.90. The maximum absolute atomic E-state index is 11.9. The van der Waals surface area contributed by atoms with E-state index in [-0.39, 0.29) is 10.9 Å². The van der Waals surface area contributed by atoms with Crippen molar-refractivity contribution < 1.29 is 0 Å². The number of nitrogens with one attached hydrogen (secondary N) is 1. The van der Waals surface area contributed by atoms with E-state index >= 15 is 0 Å². The predicted molar refractivity (Wildman–Crippen MR) is 86.6 cm³/mol. The molecule has 2 aromatic rings. The Kier molecular flexibility index (Phi) is 3.66. The molecule has 1 aliphatic carbocycles. The van der Waals surface area contributed by atoms with E-state index in [9.17, 15) is 9.59 Å². The van der Waals surface area contributed by atoms with Crippen LogP contribution < -0.4 is 16.2 Å². The number of aryl methyl sites for hydroxylation is 1. The van der Waals surface area contributed by atoms with Crippen molar-refractivity contribution in [3.8, 4) is 11.1 Å². The van der Waals surface area contributed by atoms with E-state index in [0.29, 0.717) is 23.2 Å². The van der Waals surface area contributed by atoms with Gasteiger partial charge in [0.15, 0.2) is 0 Å². The second-order valence-electron chi connectivity index (χ2n) is 6.29. The standard InChI is InChI=1S/C18H21NO2/c1-11-7-9-13(10-8-11)15-16(18(21)17(15)20)19-14-6-4-3-5-12(14)2/h7-10,12,14,19H,3-6H2,1-2H3/t12-,14-/m1/s1. The zero-order valence-electron chi connectivity index (χ0n) is 12.6. The lowest BCUT2D eigenvalue weighted by molar-refractivity contribution is 0.349. The van der Waals surface area contributed by atoms with Crippen molar-refractivity contribution >= 4 is 5.69 Å². The fourth-order valence-corrected chi connectivity index (χ4v) is 3.24. The van der Waals surface area contributed by atoms with Crippen LogP contribution in [0.3, 0.4) is 0 Å². The van der Waals surface area contributed by atoms with Crippen LogP contribution in [0.4, 0.5) is 5.69 Å². The maximum atomic E-state index is 11.9. The molecule has 1 aliphatic rings. The summed E-state index contributed by atoms with van der Waals surface area (Å²) in [7, 11) is 0. The van der Waals surface area contributed by atoms with Crippen LogP contribution in [0.5, 0.6) is 0 Å². The van der Waals surface area contributed by atoms with Crippen molar-refractivity contribution in [3.63, 3.8) is 0 Å². The fraction of sp³-hybridized carbons (Fsp3) is 0.444. The molecular weight excluding hydrogens is 262 g/mol. The minimum atomic E-state index is -0.358. The highest BCUT2D eigenvalue weighted by atomic mass is 16.2. The third kappa shape index (κ3) is 2.53. The average Bonchev–Trinajstić information content (AvgIpc) is 2.50. The van der Waals surface area contributed by atoms with Crippen LogP contribution in [-0.4, -0.2) is 6.04 Å². The van der Waals surface area contributed by atoms with E-state index in [1.807, 2.05) is 31.2 Å². The molecule has 0 saturated heterocycles. The smallest absolute Gasteiger partial charge is 0.250 e. The van der Waals surface area contributed by atoms with E-state index in [1.165, 1.54) is 19.3 Å². The summed E-state index contributed by atoms with van der Waals surface area (Å²) in [4.78, 5) is 23.9. The van der Waals surface area contributed by atoms with E-state index < -0.39 is 0 Å². The number of anilines is 1. The highest BCUT2D eigenvalue weighted by molar-refractivity contribution is 5.82. The molecule has 0 heterocycles. The van der Waals surface area contributed by atoms with Crippen LogP contribution in [-0.2, 0) is 0 Å². The first-order valence-corrected chi connectivity index (χ1v) is 7.75. The summed E-state index contributed by atoms with van der Waals surface area (Å²) in [5, 5.41) is 3.36. The summed E-state index contributed by atoms with van der Waals surface area (Å²) in [6.07, 6.45) is 4.72. The molecular formula is C18H21NO2. The SMILES string of the molecule is Cc1ccc(-c2c(N[C@@H]3CCCC[C@H]3C)c(=O)c2=O)cc1. The van der Waals surface area contributed by atoms with Gasteiger partial charge in [-0.1, -0.05) is 49.6 Å². The molecule has 110 valence electrons. The highest BCUT2D eigenvalue weighted by Gasteiger charge is 2.27. The summed E-state index contributed by atoms with van der Waals surface area (Å²) in [5.74, 6) is 0.550. The Hall–Kier alpha value is -1.90. The minimum absolute atomic E-state index is 0.311. The first kappa shape index (κ1) is 14.1. The van der Waals surface area contributed by atoms with Gasteiger partial charge in [0.1, 0.15) is 0 Å². The van der Waals surface area contributed by atoms with Gasteiger partial charge in [0.05, 0.1) is 11.3 Å². The van der Waals surface area contributed by atoms with E-state index in [0.717, 1.165) is 17.5 Å². The summed E-state index contributed by atoms with van der Waals surface area (Å²) in [6.45, 7) is 4.22. The Labute approximate surface area is 124 Å². The van der Waals surface area contributed by atoms with Crippen LogP contribution in [0, 0.1) is 12.8 Å². The van der Waals surface area contributed by atoms with Crippen molar-refractivity contribution in [2.45, 2.75) is 45.6 Å². The zero-order valence-corrected chi connectivity index (χ0v) is 12.6. The molecule has 0 aliphatic heterocycles. The molecule has 2 aromatic carbocycles. The van der Waals surface area contributed by atoms with Crippen molar-refractivity contribution in [2.75, 3.05) is 5.32 Å². The van der Waals surface area contributed by atoms with Crippen LogP contribution in [0.25, 0.3) is 11.1 Å². The fourth-order valence-electron chi connectivity index (χ4n) is 3.24. The summed E-state index contributed by atoms with van der Waals surface area (Å²) >= 11 is 0. The molecule has 0 bridgehead atoms. The van der Waals surface area contributed by atoms with Crippen LogP contribution >= 0.6 is 0 Å². The molecule has 0 spiro atoms. The quantitative estimate of drug-likeness (QED) is 0.880. The highest BCUT2D eigenvalue weighted by Crippen LogP contribution is 2.30. The van der Waals surface area contributed by atoms with Crippen LogP contribution in [0.1, 0.15) is 38.2 Å². The molecule has 2 atom stereocenters. The Bertz CT molecular complexity index is 708. The van der Waals surface area contributed by atoms with Crippen LogP contribution in [0.15, 0.2) is 33.9 Å². The molecule has 0 unspecified atom stereocenters. The summed E-state index contributed by atoms with van der Waals surface area (Å²) in [6, 6.07) is 8.09. The van der Waals surface area contributed by atoms with Gasteiger partial charge in [0, 0.05) is 6.04 Å². The lowest BCUT2D eigenvalue weighted by atomic mass is 9.85. The molecule has 0 amide bonds. The monoisotopic (exact) mass is 283 g/mol. The van der Waals surface area contributed by atoms with Gasteiger partial charge in [-0.15, -0.1) is 0 Å². The second kappa shape index (κ2) is 5.47. The van der Waals surface area contributed by atoms with Crippen molar-refractivity contribution in [1.82, 2.24) is 0 Å². The normalized spacial score (nSPS) is 22.4. The molecule has 0 radical (unpaired) electrons. The van der Waals surface area contributed by atoms with Gasteiger partial charge in [0.2, 0.25) is 10.9 Å². The van der Waals surface area contributed by atoms with Crippen molar-refractivity contribution in [3.05, 3.63) is 50.3 Å². The number of hydrogen-bond donors (Lipinski definition) is 1. The Morgan fingerprint density at radius 2 is 1.67 bits per heavy atom. The predicted octanol–water partition coefficient (Wildman–Crippen LogP) is 3.25. The van der Waals surface area contributed by atoms with Crippen molar-refractivity contribution in [1.29, 1.82) is 0 Å². The largest absolute Gasteiger partial charge is 0.378 e. The van der Waals surface area contributed by atoms with E-state index in [1.54, 1.807) is 0 Å². The number of hydrogen-bond acceptors (Lipinski definition) is 3. The Morgan fingerprint density at radius 3 is 2.33 bits per heavy atom. The van der Waals surface area contributed by atoms with Gasteiger partial charge >= 0.3 is 0 Å². The third-order valence-electron chi connectivity index (χ3n) is 4.69. The summed E-state index contributed by atoms with van der Waals surface area (Å²) < 4.78 is 0. The molecule has 1 fully saturated rings. The minimum Gasteiger partial charge on any atom is -0.378 e. The lowest BCUT2D eigenvalue weighted by Crippen LogP contribution is -2.41. The molecule has 3 nitrogen and oxygen atoms in total. The first-order chi connectivity index (χ1) is 10.1. The van der Waals surface area contributed by atoms with Gasteiger partial charge in [-0.2, -0.15) is 0 Å². The van der Waals surface area contributed by atoms with E-state index in [2.05, 4.69) is 12.2 Å². The molecule has 3 rings (SSSR count). The molecule has 1 N–H and O–H groups in total. The first-order valence-electron chi connectivity index (χ1n) is 7.75. The summed E-state index contributed by atoms with van der Waals surface area (Å²) in [5.41, 5.74) is 2.37. The molecule has 21 heavy (non-hydrogen) atoms. The maximum Gasteiger partial charge on any atom is 0.250 e. The van der Waals surface area contributed by atoms with Crippen molar-refractivity contribution in [2.24, 2.45) is 5.92 Å². The van der Waals surface area contributed by atoms with Gasteiger partial charge in [-0.05, 0) is 31.2 Å². The lowest BCUT2D eigenvalue weighted by Gasteiger charge is -2.31. The van der Waals surface area contributed by atoms with Gasteiger partial charge in [-0.25, -0.2) is 0 Å². The molecule has 0 aromatic heterocycles. The average molecular weight is 283 g/mol. The zero-order chi connectivity index (χ0) is 15.0. The van der Waals surface area contributed by atoms with E-state index in [4.69, 9.17) is 0 Å². The van der Waals surface area contributed by atoms with Crippen LogP contribution in [0.2, 0.25) is 0 Å². The van der Waals surface area contributed by atoms with Gasteiger partial charge in [-0.3, -0.25) is 9.59 Å². The molecule has 3 heteroatoms. The third-order valence-corrected chi connectivity index (χ3v) is 4.69. The number of benzene rings is 1. The Morgan fingerprint density at radius 1 is 1.00 bits per heavy atom.